The second-order valence-corrected chi connectivity index (χ2v) is 5.53. The molecule has 0 radical (unpaired) electrons. The number of aryl methyl sites for hydroxylation is 1. The normalized spacial score (nSPS) is 10.9. The van der Waals surface area contributed by atoms with Crippen LogP contribution in [0.25, 0.3) is 6.08 Å². The Labute approximate surface area is 155 Å². The number of benzene rings is 1. The molecular weight excluding hydrogens is 356 g/mol. The summed E-state index contributed by atoms with van der Waals surface area (Å²) in [4.78, 5) is 23.9. The monoisotopic (exact) mass is 372 g/mol. The molecular formula is C18H17ClN4O3. The van der Waals surface area contributed by atoms with Crippen molar-refractivity contribution in [2.75, 3.05) is 17.8 Å². The van der Waals surface area contributed by atoms with E-state index in [2.05, 4.69) is 10.4 Å². The zero-order valence-corrected chi connectivity index (χ0v) is 14.9. The minimum Gasteiger partial charge on any atom is -0.462 e. The SMILES string of the molecule is CCOC(=O)c1ccc(NC(=O)/C(C#N)=C\c2cnn(CCCl)c2)cc1. The molecule has 0 atom stereocenters. The minimum absolute atomic E-state index is 0.0649. The van der Waals surface area contributed by atoms with Crippen LogP contribution in [0.15, 0.2) is 42.2 Å². The molecule has 26 heavy (non-hydrogen) atoms. The molecule has 8 heteroatoms. The Balaban J connectivity index is 2.07. The third-order valence-corrected chi connectivity index (χ3v) is 3.47. The maximum absolute atomic E-state index is 12.3. The quantitative estimate of drug-likeness (QED) is 0.349. The number of hydrogen-bond donors (Lipinski definition) is 1. The van der Waals surface area contributed by atoms with Crippen LogP contribution in [0.4, 0.5) is 5.69 Å². The fraction of sp³-hybridized carbons (Fsp3) is 0.222. The van der Waals surface area contributed by atoms with Gasteiger partial charge >= 0.3 is 5.97 Å². The Bertz CT molecular complexity index is 850. The van der Waals surface area contributed by atoms with Gasteiger partial charge < -0.3 is 10.1 Å². The molecule has 1 N–H and O–H groups in total. The summed E-state index contributed by atoms with van der Waals surface area (Å²) in [5.74, 6) is -0.573. The number of ether oxygens (including phenoxy) is 1. The summed E-state index contributed by atoms with van der Waals surface area (Å²) in [5.41, 5.74) is 1.40. The number of nitrogens with one attached hydrogen (secondary N) is 1. The largest absolute Gasteiger partial charge is 0.462 e. The van der Waals surface area contributed by atoms with Crippen LogP contribution in [-0.2, 0) is 16.1 Å². The number of hydrogen-bond acceptors (Lipinski definition) is 5. The van der Waals surface area contributed by atoms with Crippen LogP contribution in [0.3, 0.4) is 0 Å². The van der Waals surface area contributed by atoms with Crippen LogP contribution in [0.1, 0.15) is 22.8 Å². The zero-order valence-electron chi connectivity index (χ0n) is 14.1. The van der Waals surface area contributed by atoms with E-state index in [4.69, 9.17) is 16.3 Å². The number of rotatable bonds is 7. The van der Waals surface area contributed by atoms with Crippen LogP contribution < -0.4 is 5.32 Å². The van der Waals surface area contributed by atoms with Crippen molar-refractivity contribution in [3.05, 3.63) is 53.4 Å². The highest BCUT2D eigenvalue weighted by molar-refractivity contribution is 6.17. The van der Waals surface area contributed by atoms with E-state index in [1.54, 1.807) is 48.3 Å². The van der Waals surface area contributed by atoms with Gasteiger partial charge in [-0.05, 0) is 37.3 Å². The molecule has 2 rings (SSSR count). The maximum atomic E-state index is 12.3. The lowest BCUT2D eigenvalue weighted by Gasteiger charge is -2.06. The van der Waals surface area contributed by atoms with Gasteiger partial charge in [0.25, 0.3) is 5.91 Å². The molecule has 1 aromatic heterocycles. The van der Waals surface area contributed by atoms with E-state index in [1.807, 2.05) is 6.07 Å². The maximum Gasteiger partial charge on any atom is 0.338 e. The smallest absolute Gasteiger partial charge is 0.338 e. The predicted octanol–water partition coefficient (Wildman–Crippen LogP) is 2.84. The molecule has 134 valence electrons. The molecule has 2 aromatic rings. The second-order valence-electron chi connectivity index (χ2n) is 5.15. The fourth-order valence-electron chi connectivity index (χ4n) is 2.08. The van der Waals surface area contributed by atoms with Gasteiger partial charge in [-0.2, -0.15) is 10.4 Å². The first-order valence-electron chi connectivity index (χ1n) is 7.86. The van der Waals surface area contributed by atoms with E-state index in [0.29, 0.717) is 29.2 Å². The predicted molar refractivity (Wildman–Crippen MR) is 97.6 cm³/mol. The van der Waals surface area contributed by atoms with Crippen molar-refractivity contribution in [1.29, 1.82) is 5.26 Å². The van der Waals surface area contributed by atoms with Crippen molar-refractivity contribution in [1.82, 2.24) is 9.78 Å². The van der Waals surface area contributed by atoms with Crippen LogP contribution >= 0.6 is 11.6 Å². The highest BCUT2D eigenvalue weighted by Gasteiger charge is 2.11. The highest BCUT2D eigenvalue weighted by atomic mass is 35.5. The van der Waals surface area contributed by atoms with Crippen LogP contribution in [0.5, 0.6) is 0 Å². The summed E-state index contributed by atoms with van der Waals surface area (Å²) in [6, 6.07) is 8.09. The number of aromatic nitrogens is 2. The van der Waals surface area contributed by atoms with Crippen molar-refractivity contribution in [2.45, 2.75) is 13.5 Å². The van der Waals surface area contributed by atoms with Crippen molar-refractivity contribution >= 4 is 35.2 Å². The second kappa shape index (κ2) is 9.39. The lowest BCUT2D eigenvalue weighted by Crippen LogP contribution is -2.13. The van der Waals surface area contributed by atoms with Crippen molar-refractivity contribution in [3.8, 4) is 6.07 Å². The van der Waals surface area contributed by atoms with Gasteiger partial charge in [0.05, 0.1) is 24.9 Å². The number of anilines is 1. The highest BCUT2D eigenvalue weighted by Crippen LogP contribution is 2.13. The zero-order chi connectivity index (χ0) is 18.9. The van der Waals surface area contributed by atoms with Gasteiger partial charge in [0.15, 0.2) is 0 Å². The number of amides is 1. The van der Waals surface area contributed by atoms with Gasteiger partial charge in [-0.1, -0.05) is 0 Å². The van der Waals surface area contributed by atoms with Gasteiger partial charge in [-0.25, -0.2) is 4.79 Å². The lowest BCUT2D eigenvalue weighted by molar-refractivity contribution is -0.112. The molecule has 0 saturated carbocycles. The summed E-state index contributed by atoms with van der Waals surface area (Å²) >= 11 is 5.65. The van der Waals surface area contributed by atoms with Gasteiger partial charge in [-0.3, -0.25) is 9.48 Å². The van der Waals surface area contributed by atoms with E-state index >= 15 is 0 Å². The molecule has 1 heterocycles. The molecule has 0 unspecified atom stereocenters. The summed E-state index contributed by atoms with van der Waals surface area (Å²) in [6.07, 6.45) is 4.69. The number of esters is 1. The number of halogens is 1. The standard InChI is InChI=1S/C18H17ClN4O3/c1-2-26-18(25)14-3-5-16(6-4-14)22-17(24)15(10-20)9-13-11-21-23(12-13)8-7-19/h3-6,9,11-12H,2,7-8H2,1H3,(H,22,24)/b15-9-. The Kier molecular flexibility index (Phi) is 6.94. The van der Waals surface area contributed by atoms with Crippen LogP contribution in [-0.4, -0.2) is 34.1 Å². The molecule has 0 fully saturated rings. The van der Waals surface area contributed by atoms with Crippen molar-refractivity contribution < 1.29 is 14.3 Å². The van der Waals surface area contributed by atoms with E-state index in [0.717, 1.165) is 0 Å². The van der Waals surface area contributed by atoms with Gasteiger partial charge in [-0.15, -0.1) is 11.6 Å². The van der Waals surface area contributed by atoms with E-state index in [1.165, 1.54) is 6.08 Å². The van der Waals surface area contributed by atoms with Crippen molar-refractivity contribution in [3.63, 3.8) is 0 Å². The molecule has 0 bridgehead atoms. The third kappa shape index (κ3) is 5.19. The first kappa shape index (κ1) is 19.2. The molecule has 1 aromatic carbocycles. The average Bonchev–Trinajstić information content (AvgIpc) is 3.08. The Morgan fingerprint density at radius 3 is 2.73 bits per heavy atom. The summed E-state index contributed by atoms with van der Waals surface area (Å²) in [6.45, 7) is 2.55. The molecule has 1 amide bonds. The number of carbonyl (C=O) groups excluding carboxylic acids is 2. The van der Waals surface area contributed by atoms with Crippen molar-refractivity contribution in [2.24, 2.45) is 0 Å². The first-order valence-corrected chi connectivity index (χ1v) is 8.39. The van der Waals surface area contributed by atoms with E-state index < -0.39 is 11.9 Å². The first-order chi connectivity index (χ1) is 12.6. The summed E-state index contributed by atoms with van der Waals surface area (Å²) < 4.78 is 6.52. The van der Waals surface area contributed by atoms with Gasteiger partial charge in [0, 0.05) is 23.3 Å². The number of nitrogens with zero attached hydrogens (tertiary/aromatic N) is 3. The topological polar surface area (TPSA) is 97.0 Å². The molecule has 0 saturated heterocycles. The molecule has 0 spiro atoms. The average molecular weight is 373 g/mol. The third-order valence-electron chi connectivity index (χ3n) is 3.30. The molecule has 0 aliphatic heterocycles. The van der Waals surface area contributed by atoms with Gasteiger partial charge in [0.2, 0.25) is 0 Å². The summed E-state index contributed by atoms with van der Waals surface area (Å²) in [5, 5.41) is 15.9. The fourth-order valence-corrected chi connectivity index (χ4v) is 2.25. The van der Waals surface area contributed by atoms with Crippen LogP contribution in [0, 0.1) is 11.3 Å². The Hall–Kier alpha value is -3.11. The molecule has 0 aliphatic carbocycles. The Morgan fingerprint density at radius 2 is 2.12 bits per heavy atom. The summed E-state index contributed by atoms with van der Waals surface area (Å²) in [7, 11) is 0. The molecule has 0 aliphatic rings. The number of carbonyl (C=O) groups is 2. The minimum atomic E-state index is -0.554. The molecule has 7 nitrogen and oxygen atoms in total. The van der Waals surface area contributed by atoms with Crippen LogP contribution in [0.2, 0.25) is 0 Å². The van der Waals surface area contributed by atoms with Gasteiger partial charge in [0.1, 0.15) is 11.6 Å². The van der Waals surface area contributed by atoms with E-state index in [-0.39, 0.29) is 12.2 Å². The number of nitriles is 1. The Morgan fingerprint density at radius 1 is 1.38 bits per heavy atom. The van der Waals surface area contributed by atoms with E-state index in [9.17, 15) is 14.9 Å². The lowest BCUT2D eigenvalue weighted by atomic mass is 10.1. The number of alkyl halides is 1.